The number of nitrogens with one attached hydrogen (secondary N) is 1. The molecule has 8 nitrogen and oxygen atoms in total. The number of carboxylic acid groups (broad SMARTS) is 1. The number of rotatable bonds is 5. The molecule has 0 aliphatic rings. The predicted molar refractivity (Wildman–Crippen MR) is 95.4 cm³/mol. The van der Waals surface area contributed by atoms with Crippen LogP contribution >= 0.6 is 0 Å². The molecule has 2 aromatic heterocycles. The minimum atomic E-state index is -1.21. The van der Waals surface area contributed by atoms with Crippen LogP contribution in [-0.4, -0.2) is 36.5 Å². The molecule has 0 saturated carbocycles. The van der Waals surface area contributed by atoms with Gasteiger partial charge in [0.2, 0.25) is 0 Å². The molecule has 0 radical (unpaired) electrons. The van der Waals surface area contributed by atoms with Gasteiger partial charge in [-0.15, -0.1) is 0 Å². The van der Waals surface area contributed by atoms with Gasteiger partial charge in [-0.3, -0.25) is 14.2 Å². The molecule has 0 fully saturated rings. The lowest BCUT2D eigenvalue weighted by Gasteiger charge is -2.07. The first kappa shape index (κ1) is 17.4. The fourth-order valence-corrected chi connectivity index (χ4v) is 2.72. The number of carbonyl (C=O) groups is 2. The number of nitrogens with zero attached hydrogens (tertiary/aromatic N) is 4. The first-order valence-electron chi connectivity index (χ1n) is 8.02. The lowest BCUT2D eigenvalue weighted by Crippen LogP contribution is -2.17. The van der Waals surface area contributed by atoms with Crippen LogP contribution in [-0.2, 0) is 13.6 Å². The quantitative estimate of drug-likeness (QED) is 0.732. The summed E-state index contributed by atoms with van der Waals surface area (Å²) in [5.41, 5.74) is 3.00. The highest BCUT2D eigenvalue weighted by molar-refractivity contribution is 6.09. The van der Waals surface area contributed by atoms with E-state index in [-0.39, 0.29) is 11.3 Å². The Morgan fingerprint density at radius 1 is 1.23 bits per heavy atom. The van der Waals surface area contributed by atoms with Crippen molar-refractivity contribution in [3.8, 4) is 0 Å². The van der Waals surface area contributed by atoms with Crippen LogP contribution in [0.3, 0.4) is 0 Å². The molecular formula is C18H19N5O3. The zero-order chi connectivity index (χ0) is 18.8. The van der Waals surface area contributed by atoms with Crippen LogP contribution in [0.5, 0.6) is 0 Å². The number of anilines is 1. The van der Waals surface area contributed by atoms with E-state index in [4.69, 9.17) is 0 Å². The summed E-state index contributed by atoms with van der Waals surface area (Å²) < 4.78 is 2.94. The monoisotopic (exact) mass is 353 g/mol. The molecule has 2 heterocycles. The molecule has 8 heteroatoms. The topological polar surface area (TPSA) is 102 Å². The van der Waals surface area contributed by atoms with Crippen molar-refractivity contribution in [3.63, 3.8) is 0 Å². The molecule has 3 aromatic rings. The Labute approximate surface area is 150 Å². The van der Waals surface area contributed by atoms with E-state index in [9.17, 15) is 14.7 Å². The summed E-state index contributed by atoms with van der Waals surface area (Å²) in [7, 11) is 1.47. The number of aromatic nitrogens is 4. The Kier molecular flexibility index (Phi) is 4.57. The molecule has 26 heavy (non-hydrogen) atoms. The van der Waals surface area contributed by atoms with Crippen molar-refractivity contribution < 1.29 is 14.7 Å². The molecule has 134 valence electrons. The molecule has 0 atom stereocenters. The van der Waals surface area contributed by atoms with Gasteiger partial charge in [0.1, 0.15) is 0 Å². The van der Waals surface area contributed by atoms with Crippen LogP contribution in [0.15, 0.2) is 36.5 Å². The first-order valence-corrected chi connectivity index (χ1v) is 8.02. The standard InChI is InChI=1S/C18H19N5O3/c1-11-6-4-5-7-13(11)10-23-12(2)8-15(21-23)20-17(24)14-9-19-22(3)16(14)18(25)26/h4-9H,10H2,1-3H3,(H,25,26)(H,20,21,24). The fraction of sp³-hybridized carbons (Fsp3) is 0.222. The molecule has 0 bridgehead atoms. The number of amides is 1. The number of carboxylic acids is 1. The number of hydrogen-bond acceptors (Lipinski definition) is 4. The highest BCUT2D eigenvalue weighted by Crippen LogP contribution is 2.16. The Hall–Kier alpha value is -3.42. The number of hydrogen-bond donors (Lipinski definition) is 2. The maximum atomic E-state index is 12.4. The number of carbonyl (C=O) groups excluding carboxylic acids is 1. The summed E-state index contributed by atoms with van der Waals surface area (Å²) in [5, 5.41) is 20.1. The average Bonchev–Trinajstić information content (AvgIpc) is 3.12. The lowest BCUT2D eigenvalue weighted by molar-refractivity contribution is 0.0680. The van der Waals surface area contributed by atoms with Crippen molar-refractivity contribution in [2.45, 2.75) is 20.4 Å². The van der Waals surface area contributed by atoms with Crippen LogP contribution in [0.4, 0.5) is 5.82 Å². The highest BCUT2D eigenvalue weighted by atomic mass is 16.4. The van der Waals surface area contributed by atoms with E-state index < -0.39 is 11.9 Å². The van der Waals surface area contributed by atoms with E-state index in [1.54, 1.807) is 10.7 Å². The van der Waals surface area contributed by atoms with Gasteiger partial charge in [0.25, 0.3) is 5.91 Å². The lowest BCUT2D eigenvalue weighted by atomic mass is 10.1. The van der Waals surface area contributed by atoms with Crippen molar-refractivity contribution in [1.29, 1.82) is 0 Å². The highest BCUT2D eigenvalue weighted by Gasteiger charge is 2.22. The van der Waals surface area contributed by atoms with E-state index >= 15 is 0 Å². The molecule has 1 aromatic carbocycles. The normalized spacial score (nSPS) is 10.7. The van der Waals surface area contributed by atoms with E-state index in [0.717, 1.165) is 21.5 Å². The number of benzene rings is 1. The van der Waals surface area contributed by atoms with Gasteiger partial charge in [-0.05, 0) is 25.0 Å². The zero-order valence-electron chi connectivity index (χ0n) is 14.7. The van der Waals surface area contributed by atoms with Gasteiger partial charge >= 0.3 is 5.97 Å². The molecular weight excluding hydrogens is 334 g/mol. The van der Waals surface area contributed by atoms with Crippen LogP contribution in [0.25, 0.3) is 0 Å². The molecule has 2 N–H and O–H groups in total. The summed E-state index contributed by atoms with van der Waals surface area (Å²) in [6.07, 6.45) is 1.23. The fourth-order valence-electron chi connectivity index (χ4n) is 2.72. The molecule has 0 aliphatic carbocycles. The zero-order valence-corrected chi connectivity index (χ0v) is 14.7. The van der Waals surface area contributed by atoms with Crippen molar-refractivity contribution in [1.82, 2.24) is 19.6 Å². The third kappa shape index (κ3) is 3.34. The molecule has 3 rings (SSSR count). The van der Waals surface area contributed by atoms with Gasteiger partial charge in [-0.2, -0.15) is 10.2 Å². The van der Waals surface area contributed by atoms with Gasteiger partial charge in [0.05, 0.1) is 18.3 Å². The van der Waals surface area contributed by atoms with Crippen molar-refractivity contribution in [2.24, 2.45) is 7.05 Å². The predicted octanol–water partition coefficient (Wildman–Crippen LogP) is 2.23. The smallest absolute Gasteiger partial charge is 0.354 e. The Balaban J connectivity index is 1.81. The molecule has 0 unspecified atom stereocenters. The number of aryl methyl sites for hydroxylation is 3. The van der Waals surface area contributed by atoms with Crippen molar-refractivity contribution in [2.75, 3.05) is 5.32 Å². The second-order valence-corrected chi connectivity index (χ2v) is 6.04. The minimum absolute atomic E-state index is 0.00823. The summed E-state index contributed by atoms with van der Waals surface area (Å²) in [5.74, 6) is -1.41. The summed E-state index contributed by atoms with van der Waals surface area (Å²) in [6, 6.07) is 9.76. The van der Waals surface area contributed by atoms with Gasteiger partial charge < -0.3 is 10.4 Å². The van der Waals surface area contributed by atoms with E-state index in [1.165, 1.54) is 13.2 Å². The average molecular weight is 353 g/mol. The van der Waals surface area contributed by atoms with E-state index in [0.29, 0.717) is 12.4 Å². The second kappa shape index (κ2) is 6.83. The van der Waals surface area contributed by atoms with Crippen LogP contribution < -0.4 is 5.32 Å². The summed E-state index contributed by atoms with van der Waals surface area (Å²) in [6.45, 7) is 4.52. The Morgan fingerprint density at radius 2 is 1.96 bits per heavy atom. The molecule has 0 saturated heterocycles. The van der Waals surface area contributed by atoms with Gasteiger partial charge in [0.15, 0.2) is 11.5 Å². The third-order valence-electron chi connectivity index (χ3n) is 4.19. The molecule has 0 aliphatic heterocycles. The van der Waals surface area contributed by atoms with Crippen LogP contribution in [0, 0.1) is 13.8 Å². The van der Waals surface area contributed by atoms with Crippen molar-refractivity contribution >= 4 is 17.7 Å². The summed E-state index contributed by atoms with van der Waals surface area (Å²) in [4.78, 5) is 23.7. The van der Waals surface area contributed by atoms with E-state index in [1.807, 2.05) is 38.1 Å². The third-order valence-corrected chi connectivity index (χ3v) is 4.19. The Bertz CT molecular complexity index is 987. The van der Waals surface area contributed by atoms with Gasteiger partial charge in [-0.1, -0.05) is 24.3 Å². The SMILES string of the molecule is Cc1ccccc1Cn1nc(NC(=O)c2cnn(C)c2C(=O)O)cc1C. The summed E-state index contributed by atoms with van der Waals surface area (Å²) >= 11 is 0. The van der Waals surface area contributed by atoms with Crippen LogP contribution in [0.2, 0.25) is 0 Å². The first-order chi connectivity index (χ1) is 12.4. The maximum absolute atomic E-state index is 12.4. The second-order valence-electron chi connectivity index (χ2n) is 6.04. The van der Waals surface area contributed by atoms with E-state index in [2.05, 4.69) is 15.5 Å². The van der Waals surface area contributed by atoms with Gasteiger partial charge in [-0.25, -0.2) is 4.79 Å². The largest absolute Gasteiger partial charge is 0.477 e. The maximum Gasteiger partial charge on any atom is 0.354 e. The number of aromatic carboxylic acids is 1. The van der Waals surface area contributed by atoms with Gasteiger partial charge in [0, 0.05) is 18.8 Å². The molecule has 0 spiro atoms. The van der Waals surface area contributed by atoms with Crippen molar-refractivity contribution in [3.05, 3.63) is 64.6 Å². The Morgan fingerprint density at radius 3 is 2.65 bits per heavy atom. The van der Waals surface area contributed by atoms with Crippen LogP contribution in [0.1, 0.15) is 37.7 Å². The minimum Gasteiger partial charge on any atom is -0.477 e. The molecule has 1 amide bonds.